The predicted octanol–water partition coefficient (Wildman–Crippen LogP) is 1.46. The maximum Gasteiger partial charge on any atom is 0.329 e. The maximum atomic E-state index is 12.5. The standard InChI is InChI=1S/C20H28N2O6/c1-5-20(2,19(25)26)21-18(24)14-11-17(23)22(12-14)9-8-13-6-7-15(27-3)16(10-13)28-4/h6-7,10,14H,5,8-9,11-12H2,1-4H3,(H,21,24)(H,25,26). The summed E-state index contributed by atoms with van der Waals surface area (Å²) in [6.45, 7) is 3.93. The number of hydrogen-bond donors (Lipinski definition) is 2. The number of carboxylic acids is 1. The van der Waals surface area contributed by atoms with Crippen molar-refractivity contribution in [2.45, 2.75) is 38.6 Å². The first-order chi connectivity index (χ1) is 13.2. The van der Waals surface area contributed by atoms with Crippen molar-refractivity contribution < 1.29 is 29.0 Å². The molecule has 2 rings (SSSR count). The van der Waals surface area contributed by atoms with E-state index >= 15 is 0 Å². The first kappa shape index (κ1) is 21.5. The number of carbonyl (C=O) groups excluding carboxylic acids is 2. The molecule has 1 saturated heterocycles. The lowest BCUT2D eigenvalue weighted by Crippen LogP contribution is -2.53. The lowest BCUT2D eigenvalue weighted by Gasteiger charge is -2.26. The third-order valence-electron chi connectivity index (χ3n) is 5.28. The number of nitrogens with one attached hydrogen (secondary N) is 1. The first-order valence-corrected chi connectivity index (χ1v) is 9.28. The second-order valence-corrected chi connectivity index (χ2v) is 7.16. The zero-order valence-electron chi connectivity index (χ0n) is 16.8. The average molecular weight is 392 g/mol. The fourth-order valence-corrected chi connectivity index (χ4v) is 3.13. The smallest absolute Gasteiger partial charge is 0.329 e. The fourth-order valence-electron chi connectivity index (χ4n) is 3.13. The molecule has 0 spiro atoms. The number of likely N-dealkylation sites (tertiary alicyclic amines) is 1. The lowest BCUT2D eigenvalue weighted by atomic mass is 9.97. The third-order valence-corrected chi connectivity index (χ3v) is 5.28. The number of carbonyl (C=O) groups is 3. The largest absolute Gasteiger partial charge is 0.493 e. The summed E-state index contributed by atoms with van der Waals surface area (Å²) in [4.78, 5) is 37.8. The summed E-state index contributed by atoms with van der Waals surface area (Å²) in [6, 6.07) is 5.59. The number of rotatable bonds is 9. The van der Waals surface area contributed by atoms with Crippen molar-refractivity contribution >= 4 is 17.8 Å². The molecule has 2 unspecified atom stereocenters. The molecule has 1 aliphatic rings. The zero-order chi connectivity index (χ0) is 20.9. The number of benzene rings is 1. The van der Waals surface area contributed by atoms with Crippen LogP contribution in [0, 0.1) is 5.92 Å². The molecule has 0 aliphatic carbocycles. The Labute approximate surface area is 164 Å². The van der Waals surface area contributed by atoms with Gasteiger partial charge in [0.1, 0.15) is 5.54 Å². The number of nitrogens with zero attached hydrogens (tertiary/aromatic N) is 1. The van der Waals surface area contributed by atoms with Gasteiger partial charge in [0.2, 0.25) is 11.8 Å². The summed E-state index contributed by atoms with van der Waals surface area (Å²) in [5, 5.41) is 11.9. The second kappa shape index (κ2) is 8.95. The number of aliphatic carboxylic acids is 1. The molecule has 2 N–H and O–H groups in total. The van der Waals surface area contributed by atoms with Crippen LogP contribution in [0.1, 0.15) is 32.3 Å². The molecule has 1 aromatic rings. The zero-order valence-corrected chi connectivity index (χ0v) is 16.8. The first-order valence-electron chi connectivity index (χ1n) is 9.28. The van der Waals surface area contributed by atoms with Gasteiger partial charge in [-0.15, -0.1) is 0 Å². The van der Waals surface area contributed by atoms with Crippen molar-refractivity contribution in [3.63, 3.8) is 0 Å². The van der Waals surface area contributed by atoms with E-state index in [9.17, 15) is 19.5 Å². The molecule has 0 saturated carbocycles. The molecule has 0 aromatic heterocycles. The van der Waals surface area contributed by atoms with Crippen LogP contribution in [-0.4, -0.2) is 60.6 Å². The summed E-state index contributed by atoms with van der Waals surface area (Å²) in [5.74, 6) is -0.862. The molecule has 2 atom stereocenters. The van der Waals surface area contributed by atoms with E-state index in [0.717, 1.165) is 5.56 Å². The fraction of sp³-hybridized carbons (Fsp3) is 0.550. The molecule has 1 heterocycles. The van der Waals surface area contributed by atoms with Crippen LogP contribution >= 0.6 is 0 Å². The summed E-state index contributed by atoms with van der Waals surface area (Å²) >= 11 is 0. The van der Waals surface area contributed by atoms with Crippen LogP contribution in [0.2, 0.25) is 0 Å². The Balaban J connectivity index is 1.96. The Morgan fingerprint density at radius 3 is 2.54 bits per heavy atom. The Hall–Kier alpha value is -2.77. The monoisotopic (exact) mass is 392 g/mol. The number of methoxy groups -OCH3 is 2. The van der Waals surface area contributed by atoms with E-state index in [1.54, 1.807) is 26.0 Å². The van der Waals surface area contributed by atoms with Crippen LogP contribution < -0.4 is 14.8 Å². The highest BCUT2D eigenvalue weighted by Gasteiger charge is 2.39. The third kappa shape index (κ3) is 4.74. The van der Waals surface area contributed by atoms with Crippen molar-refractivity contribution in [3.8, 4) is 11.5 Å². The predicted molar refractivity (Wildman–Crippen MR) is 102 cm³/mol. The van der Waals surface area contributed by atoms with Gasteiger partial charge in [0.25, 0.3) is 0 Å². The van der Waals surface area contributed by atoms with Crippen LogP contribution in [0.25, 0.3) is 0 Å². The Morgan fingerprint density at radius 2 is 1.96 bits per heavy atom. The van der Waals surface area contributed by atoms with Gasteiger partial charge >= 0.3 is 5.97 Å². The summed E-state index contributed by atoms with van der Waals surface area (Å²) < 4.78 is 10.5. The van der Waals surface area contributed by atoms with E-state index < -0.39 is 23.3 Å². The number of ether oxygens (including phenoxy) is 2. The van der Waals surface area contributed by atoms with Gasteiger partial charge in [-0.05, 0) is 37.5 Å². The molecule has 1 fully saturated rings. The number of hydrogen-bond acceptors (Lipinski definition) is 5. The van der Waals surface area contributed by atoms with Crippen LogP contribution in [0.15, 0.2) is 18.2 Å². The molecule has 154 valence electrons. The summed E-state index contributed by atoms with van der Waals surface area (Å²) in [6.07, 6.45) is 0.969. The van der Waals surface area contributed by atoms with Gasteiger partial charge in [0, 0.05) is 19.5 Å². The molecule has 1 aromatic carbocycles. The van der Waals surface area contributed by atoms with Crippen molar-refractivity contribution in [2.75, 3.05) is 27.3 Å². The highest BCUT2D eigenvalue weighted by molar-refractivity contribution is 5.92. The molecule has 0 radical (unpaired) electrons. The van der Waals surface area contributed by atoms with Crippen molar-refractivity contribution in [1.82, 2.24) is 10.2 Å². The molecule has 2 amide bonds. The van der Waals surface area contributed by atoms with E-state index in [-0.39, 0.29) is 25.3 Å². The minimum atomic E-state index is -1.33. The van der Waals surface area contributed by atoms with Crippen molar-refractivity contribution in [2.24, 2.45) is 5.92 Å². The average Bonchev–Trinajstić information content (AvgIpc) is 3.06. The minimum absolute atomic E-state index is 0.0944. The highest BCUT2D eigenvalue weighted by Crippen LogP contribution is 2.28. The van der Waals surface area contributed by atoms with Crippen LogP contribution in [-0.2, 0) is 20.8 Å². The lowest BCUT2D eigenvalue weighted by molar-refractivity contribution is -0.147. The molecule has 28 heavy (non-hydrogen) atoms. The SMILES string of the molecule is CCC(C)(NC(=O)C1CC(=O)N(CCc2ccc(OC)c(OC)c2)C1)C(=O)O. The minimum Gasteiger partial charge on any atom is -0.493 e. The Morgan fingerprint density at radius 1 is 1.29 bits per heavy atom. The van der Waals surface area contributed by atoms with E-state index in [1.165, 1.54) is 6.92 Å². The Kier molecular flexibility index (Phi) is 6.88. The van der Waals surface area contributed by atoms with Crippen LogP contribution in [0.5, 0.6) is 11.5 Å². The summed E-state index contributed by atoms with van der Waals surface area (Å²) in [7, 11) is 3.13. The van der Waals surface area contributed by atoms with Gasteiger partial charge in [0.15, 0.2) is 11.5 Å². The van der Waals surface area contributed by atoms with Gasteiger partial charge in [0.05, 0.1) is 20.1 Å². The second-order valence-electron chi connectivity index (χ2n) is 7.16. The van der Waals surface area contributed by atoms with Crippen LogP contribution in [0.4, 0.5) is 0 Å². The molecule has 0 bridgehead atoms. The Bertz CT molecular complexity index is 750. The topological polar surface area (TPSA) is 105 Å². The van der Waals surface area contributed by atoms with Crippen molar-refractivity contribution in [3.05, 3.63) is 23.8 Å². The van der Waals surface area contributed by atoms with Gasteiger partial charge in [-0.2, -0.15) is 0 Å². The molecular formula is C20H28N2O6. The molecule has 8 nitrogen and oxygen atoms in total. The number of carboxylic acid groups (broad SMARTS) is 1. The van der Waals surface area contributed by atoms with Gasteiger partial charge in [-0.1, -0.05) is 13.0 Å². The van der Waals surface area contributed by atoms with Crippen LogP contribution in [0.3, 0.4) is 0 Å². The van der Waals surface area contributed by atoms with E-state index in [0.29, 0.717) is 24.5 Å². The van der Waals surface area contributed by atoms with E-state index in [1.807, 2.05) is 18.2 Å². The molecule has 8 heteroatoms. The van der Waals surface area contributed by atoms with E-state index in [4.69, 9.17) is 9.47 Å². The van der Waals surface area contributed by atoms with Gasteiger partial charge in [-0.25, -0.2) is 4.79 Å². The molecular weight excluding hydrogens is 364 g/mol. The maximum absolute atomic E-state index is 12.5. The van der Waals surface area contributed by atoms with Gasteiger partial charge < -0.3 is 24.8 Å². The quantitative estimate of drug-likeness (QED) is 0.659. The summed E-state index contributed by atoms with van der Waals surface area (Å²) in [5.41, 5.74) is -0.337. The van der Waals surface area contributed by atoms with Gasteiger partial charge in [-0.3, -0.25) is 9.59 Å². The highest BCUT2D eigenvalue weighted by atomic mass is 16.5. The van der Waals surface area contributed by atoms with E-state index in [2.05, 4.69) is 5.32 Å². The number of amides is 2. The molecule has 1 aliphatic heterocycles. The normalized spacial score (nSPS) is 18.5. The van der Waals surface area contributed by atoms with Crippen molar-refractivity contribution in [1.29, 1.82) is 0 Å².